The van der Waals surface area contributed by atoms with Crippen LogP contribution < -0.4 is 14.5 Å². The van der Waals surface area contributed by atoms with Crippen molar-refractivity contribution in [2.45, 2.75) is 44.7 Å². The Kier molecular flexibility index (Phi) is 7.41. The molecule has 1 heterocycles. The Hall–Kier alpha value is -2.95. The van der Waals surface area contributed by atoms with Crippen molar-refractivity contribution < 1.29 is 27.9 Å². The van der Waals surface area contributed by atoms with Crippen LogP contribution in [0.3, 0.4) is 0 Å². The number of nitrogens with zero attached hydrogens (tertiary/aromatic N) is 2. The molecule has 33 heavy (non-hydrogen) atoms. The minimum Gasteiger partial charge on any atom is -0.446 e. The second kappa shape index (κ2) is 9.90. The highest BCUT2D eigenvalue weighted by Gasteiger charge is 2.34. The molecular formula is C23H29N3O6S. The molecule has 1 aliphatic rings. The van der Waals surface area contributed by atoms with E-state index in [0.717, 1.165) is 11.1 Å². The van der Waals surface area contributed by atoms with Crippen molar-refractivity contribution in [3.8, 4) is 11.1 Å². The Bertz CT molecular complexity index is 1130. The number of fused-ring (bicyclic) bond motifs is 1. The fourth-order valence-corrected chi connectivity index (χ4v) is 4.83. The third kappa shape index (κ3) is 5.35. The van der Waals surface area contributed by atoms with E-state index in [-0.39, 0.29) is 42.6 Å². The van der Waals surface area contributed by atoms with Crippen LogP contribution in [0.1, 0.15) is 27.7 Å². The number of anilines is 2. The number of carbonyl (C=O) groups is 2. The van der Waals surface area contributed by atoms with Crippen LogP contribution >= 0.6 is 0 Å². The molecule has 1 unspecified atom stereocenters. The van der Waals surface area contributed by atoms with Crippen LogP contribution in [0.25, 0.3) is 11.1 Å². The van der Waals surface area contributed by atoms with E-state index in [2.05, 4.69) is 4.72 Å². The maximum Gasteiger partial charge on any atom is 0.414 e. The quantitative estimate of drug-likeness (QED) is 0.664. The van der Waals surface area contributed by atoms with Crippen LogP contribution in [-0.4, -0.2) is 57.4 Å². The summed E-state index contributed by atoms with van der Waals surface area (Å²) < 4.78 is 32.2. The number of sulfonamides is 1. The fraction of sp³-hybridized carbons (Fsp3) is 0.391. The van der Waals surface area contributed by atoms with Gasteiger partial charge in [-0.3, -0.25) is 9.69 Å². The van der Waals surface area contributed by atoms with Gasteiger partial charge in [0.2, 0.25) is 15.9 Å². The van der Waals surface area contributed by atoms with Gasteiger partial charge in [-0.1, -0.05) is 18.2 Å². The van der Waals surface area contributed by atoms with Gasteiger partial charge in [-0.2, -0.15) is 0 Å². The maximum atomic E-state index is 12.8. The zero-order valence-electron chi connectivity index (χ0n) is 19.1. The number of aliphatic hydroxyl groups is 1. The number of hydrogen-bond acceptors (Lipinski definition) is 6. The van der Waals surface area contributed by atoms with Crippen molar-refractivity contribution in [2.75, 3.05) is 29.5 Å². The van der Waals surface area contributed by atoms with E-state index in [0.29, 0.717) is 11.4 Å². The monoisotopic (exact) mass is 475 g/mol. The van der Waals surface area contributed by atoms with E-state index in [1.807, 2.05) is 13.0 Å². The van der Waals surface area contributed by atoms with Crippen molar-refractivity contribution in [1.82, 2.24) is 4.72 Å². The highest BCUT2D eigenvalue weighted by atomic mass is 32.2. The summed E-state index contributed by atoms with van der Waals surface area (Å²) in [6, 6.07) is 11.5. The standard InChI is InChI=1S/C23H29N3O6S/c1-15(2)32-23(29)25-14-16(3)26(17(4)28)21-10-7-19(13-22(21)25)18-5-8-20(9-6-18)33(30,31)24-11-12-27/h5-10,13,15-16,24,27H,11-12,14H2,1-4H3. The van der Waals surface area contributed by atoms with E-state index in [1.54, 1.807) is 43.0 Å². The molecule has 0 radical (unpaired) electrons. The van der Waals surface area contributed by atoms with Crippen LogP contribution in [0.4, 0.5) is 16.2 Å². The number of benzene rings is 2. The van der Waals surface area contributed by atoms with Crippen LogP contribution in [0.15, 0.2) is 47.4 Å². The molecule has 1 aliphatic heterocycles. The molecule has 0 saturated heterocycles. The summed E-state index contributed by atoms with van der Waals surface area (Å²) in [7, 11) is -3.71. The molecule has 0 bridgehead atoms. The van der Waals surface area contributed by atoms with Crippen LogP contribution in [0.2, 0.25) is 0 Å². The maximum absolute atomic E-state index is 12.8. The molecule has 0 spiro atoms. The molecule has 10 heteroatoms. The topological polar surface area (TPSA) is 116 Å². The predicted octanol–water partition coefficient (Wildman–Crippen LogP) is 2.73. The van der Waals surface area contributed by atoms with Gasteiger partial charge in [0.15, 0.2) is 0 Å². The summed E-state index contributed by atoms with van der Waals surface area (Å²) >= 11 is 0. The van der Waals surface area contributed by atoms with E-state index >= 15 is 0 Å². The summed E-state index contributed by atoms with van der Waals surface area (Å²) in [4.78, 5) is 28.4. The zero-order chi connectivity index (χ0) is 24.3. The first kappa shape index (κ1) is 24.7. The Morgan fingerprint density at radius 3 is 2.33 bits per heavy atom. The summed E-state index contributed by atoms with van der Waals surface area (Å²) in [5.74, 6) is -0.127. The number of rotatable bonds is 6. The Labute approximate surface area is 194 Å². The van der Waals surface area contributed by atoms with E-state index < -0.39 is 16.1 Å². The van der Waals surface area contributed by atoms with Crippen LogP contribution in [0.5, 0.6) is 0 Å². The molecule has 2 aromatic carbocycles. The third-order valence-corrected chi connectivity index (χ3v) is 6.69. The average molecular weight is 476 g/mol. The average Bonchev–Trinajstić information content (AvgIpc) is 2.76. The number of carbonyl (C=O) groups excluding carboxylic acids is 2. The molecule has 0 aromatic heterocycles. The molecular weight excluding hydrogens is 446 g/mol. The summed E-state index contributed by atoms with van der Waals surface area (Å²) in [6.07, 6.45) is -0.783. The van der Waals surface area contributed by atoms with Gasteiger partial charge in [0.1, 0.15) is 0 Å². The third-order valence-electron chi connectivity index (χ3n) is 5.21. The highest BCUT2D eigenvalue weighted by molar-refractivity contribution is 7.89. The Morgan fingerprint density at radius 1 is 1.12 bits per heavy atom. The van der Waals surface area contributed by atoms with E-state index in [1.165, 1.54) is 24.0 Å². The number of aliphatic hydroxyl groups excluding tert-OH is 1. The van der Waals surface area contributed by atoms with Gasteiger partial charge in [-0.05, 0) is 56.2 Å². The van der Waals surface area contributed by atoms with Gasteiger partial charge in [-0.25, -0.2) is 17.9 Å². The lowest BCUT2D eigenvalue weighted by Crippen LogP contribution is -2.51. The van der Waals surface area contributed by atoms with Crippen LogP contribution in [-0.2, 0) is 19.6 Å². The zero-order valence-corrected chi connectivity index (χ0v) is 19.9. The van der Waals surface area contributed by atoms with Gasteiger partial charge < -0.3 is 14.7 Å². The first-order valence-electron chi connectivity index (χ1n) is 10.7. The first-order valence-corrected chi connectivity index (χ1v) is 12.2. The largest absolute Gasteiger partial charge is 0.446 e. The molecule has 1 atom stereocenters. The van der Waals surface area contributed by atoms with Gasteiger partial charge in [0.05, 0.1) is 35.0 Å². The molecule has 0 aliphatic carbocycles. The molecule has 178 valence electrons. The number of amides is 2. The van der Waals surface area contributed by atoms with Crippen molar-refractivity contribution in [3.63, 3.8) is 0 Å². The second-order valence-electron chi connectivity index (χ2n) is 8.13. The molecule has 9 nitrogen and oxygen atoms in total. The summed E-state index contributed by atoms with van der Waals surface area (Å²) in [5.41, 5.74) is 2.65. The van der Waals surface area contributed by atoms with Gasteiger partial charge in [0, 0.05) is 20.0 Å². The van der Waals surface area contributed by atoms with Crippen LogP contribution in [0, 0.1) is 0 Å². The predicted molar refractivity (Wildman–Crippen MR) is 126 cm³/mol. The number of nitrogens with one attached hydrogen (secondary N) is 1. The lowest BCUT2D eigenvalue weighted by Gasteiger charge is -2.40. The number of hydrogen-bond donors (Lipinski definition) is 2. The lowest BCUT2D eigenvalue weighted by atomic mass is 10.0. The van der Waals surface area contributed by atoms with Gasteiger partial charge >= 0.3 is 6.09 Å². The molecule has 0 saturated carbocycles. The second-order valence-corrected chi connectivity index (χ2v) is 9.90. The fourth-order valence-electron chi connectivity index (χ4n) is 3.81. The first-order chi connectivity index (χ1) is 15.5. The van der Waals surface area contributed by atoms with E-state index in [9.17, 15) is 18.0 Å². The SMILES string of the molecule is CC(=O)N1c2ccc(-c3ccc(S(=O)(=O)NCCO)cc3)cc2N(C(=O)OC(C)C)CC1C. The number of ether oxygens (including phenoxy) is 1. The smallest absolute Gasteiger partial charge is 0.414 e. The Balaban J connectivity index is 2.01. The molecule has 3 rings (SSSR count). The van der Waals surface area contributed by atoms with Crippen molar-refractivity contribution in [3.05, 3.63) is 42.5 Å². The summed E-state index contributed by atoms with van der Waals surface area (Å²) in [6.45, 7) is 6.83. The van der Waals surface area contributed by atoms with Crippen molar-refractivity contribution >= 4 is 33.4 Å². The lowest BCUT2D eigenvalue weighted by molar-refractivity contribution is -0.117. The molecule has 2 N–H and O–H groups in total. The highest BCUT2D eigenvalue weighted by Crippen LogP contribution is 2.39. The molecule has 0 fully saturated rings. The van der Waals surface area contributed by atoms with Crippen molar-refractivity contribution in [2.24, 2.45) is 0 Å². The van der Waals surface area contributed by atoms with E-state index in [4.69, 9.17) is 9.84 Å². The Morgan fingerprint density at radius 2 is 1.76 bits per heavy atom. The summed E-state index contributed by atoms with van der Waals surface area (Å²) in [5, 5.41) is 8.86. The normalized spacial score (nSPS) is 16.0. The van der Waals surface area contributed by atoms with Crippen molar-refractivity contribution in [1.29, 1.82) is 0 Å². The minimum atomic E-state index is -3.71. The van der Waals surface area contributed by atoms with Gasteiger partial charge in [-0.15, -0.1) is 0 Å². The molecule has 2 aromatic rings. The van der Waals surface area contributed by atoms with Gasteiger partial charge in [0.25, 0.3) is 0 Å². The molecule has 2 amide bonds. The minimum absolute atomic E-state index is 0.0672.